The van der Waals surface area contributed by atoms with E-state index in [1.165, 1.54) is 0 Å². The van der Waals surface area contributed by atoms with E-state index < -0.39 is 6.04 Å². The van der Waals surface area contributed by atoms with E-state index in [0.29, 0.717) is 49.2 Å². The van der Waals surface area contributed by atoms with Crippen LogP contribution in [0.1, 0.15) is 6.92 Å². The van der Waals surface area contributed by atoms with E-state index in [9.17, 15) is 4.79 Å². The zero-order valence-electron chi connectivity index (χ0n) is 12.3. The van der Waals surface area contributed by atoms with E-state index >= 15 is 0 Å². The van der Waals surface area contributed by atoms with Gasteiger partial charge in [0.05, 0.1) is 18.0 Å². The maximum atomic E-state index is 11.9. The molecule has 116 valence electrons. The van der Waals surface area contributed by atoms with Crippen molar-refractivity contribution < 1.29 is 19.0 Å². The molecular weight excluding hydrogens is 274 g/mol. The van der Waals surface area contributed by atoms with Crippen LogP contribution in [0.2, 0.25) is 0 Å². The van der Waals surface area contributed by atoms with Gasteiger partial charge in [-0.1, -0.05) is 0 Å². The summed E-state index contributed by atoms with van der Waals surface area (Å²) in [5.74, 6) is 1.13. The standard InChI is InChI=1S/C14H21N3O4/c1-9(14(18)16-3-4-19-2)17-11-8-13-12(7-10(11)15)20-5-6-21-13/h7-9,17H,3-6,15H2,1-2H3,(H,16,18). The molecule has 1 atom stereocenters. The van der Waals surface area contributed by atoms with Gasteiger partial charge in [-0.25, -0.2) is 0 Å². The number of benzene rings is 1. The molecule has 1 heterocycles. The molecule has 0 saturated heterocycles. The maximum absolute atomic E-state index is 11.9. The van der Waals surface area contributed by atoms with Gasteiger partial charge in [-0.15, -0.1) is 0 Å². The predicted octanol–water partition coefficient (Wildman–Crippen LogP) is 0.603. The Morgan fingerprint density at radius 1 is 1.38 bits per heavy atom. The van der Waals surface area contributed by atoms with Crippen molar-refractivity contribution in [2.75, 3.05) is 44.5 Å². The second kappa shape index (κ2) is 7.03. The average molecular weight is 295 g/mol. The summed E-state index contributed by atoms with van der Waals surface area (Å²) in [6.07, 6.45) is 0. The Balaban J connectivity index is 2.00. The van der Waals surface area contributed by atoms with E-state index in [-0.39, 0.29) is 5.91 Å². The minimum atomic E-state index is -0.424. The Bertz CT molecular complexity index is 507. The fourth-order valence-electron chi connectivity index (χ4n) is 1.96. The number of methoxy groups -OCH3 is 1. The maximum Gasteiger partial charge on any atom is 0.242 e. The van der Waals surface area contributed by atoms with Gasteiger partial charge in [-0.05, 0) is 6.92 Å². The minimum absolute atomic E-state index is 0.124. The van der Waals surface area contributed by atoms with Gasteiger partial charge in [0, 0.05) is 25.8 Å². The number of carbonyl (C=O) groups is 1. The fraction of sp³-hybridized carbons (Fsp3) is 0.500. The van der Waals surface area contributed by atoms with Crippen LogP contribution in [-0.4, -0.2) is 45.4 Å². The van der Waals surface area contributed by atoms with E-state index in [2.05, 4.69) is 10.6 Å². The number of fused-ring (bicyclic) bond motifs is 1. The molecule has 0 radical (unpaired) electrons. The lowest BCUT2D eigenvalue weighted by Gasteiger charge is -2.22. The monoisotopic (exact) mass is 295 g/mol. The van der Waals surface area contributed by atoms with Gasteiger partial charge in [0.15, 0.2) is 11.5 Å². The number of hydrogen-bond donors (Lipinski definition) is 3. The Morgan fingerprint density at radius 2 is 2.05 bits per heavy atom. The molecule has 1 aromatic rings. The molecule has 21 heavy (non-hydrogen) atoms. The average Bonchev–Trinajstić information content (AvgIpc) is 2.48. The van der Waals surface area contributed by atoms with Crippen molar-refractivity contribution in [1.82, 2.24) is 5.32 Å². The molecule has 1 aromatic carbocycles. The topological polar surface area (TPSA) is 94.8 Å². The summed E-state index contributed by atoms with van der Waals surface area (Å²) in [6, 6.07) is 3.03. The number of ether oxygens (including phenoxy) is 3. The van der Waals surface area contributed by atoms with Crippen LogP contribution in [0, 0.1) is 0 Å². The molecule has 0 spiro atoms. The number of anilines is 2. The summed E-state index contributed by atoms with van der Waals surface area (Å²) in [4.78, 5) is 11.9. The molecule has 0 aliphatic carbocycles. The molecule has 1 aliphatic rings. The third-order valence-corrected chi connectivity index (χ3v) is 3.09. The van der Waals surface area contributed by atoms with Crippen LogP contribution in [0.5, 0.6) is 11.5 Å². The molecule has 0 saturated carbocycles. The number of amides is 1. The van der Waals surface area contributed by atoms with Crippen molar-refractivity contribution in [3.05, 3.63) is 12.1 Å². The van der Waals surface area contributed by atoms with Crippen molar-refractivity contribution in [3.63, 3.8) is 0 Å². The Hall–Kier alpha value is -2.15. The molecular formula is C14H21N3O4. The van der Waals surface area contributed by atoms with Gasteiger partial charge >= 0.3 is 0 Å². The van der Waals surface area contributed by atoms with Crippen LogP contribution in [0.25, 0.3) is 0 Å². The first-order valence-electron chi connectivity index (χ1n) is 6.84. The van der Waals surface area contributed by atoms with Crippen LogP contribution < -0.4 is 25.8 Å². The largest absolute Gasteiger partial charge is 0.486 e. The van der Waals surface area contributed by atoms with Crippen molar-refractivity contribution in [2.24, 2.45) is 0 Å². The van der Waals surface area contributed by atoms with Crippen LogP contribution >= 0.6 is 0 Å². The van der Waals surface area contributed by atoms with Crippen molar-refractivity contribution in [1.29, 1.82) is 0 Å². The van der Waals surface area contributed by atoms with Gasteiger partial charge in [0.25, 0.3) is 0 Å². The summed E-state index contributed by atoms with van der Waals surface area (Å²) in [5.41, 5.74) is 7.12. The molecule has 0 bridgehead atoms. The molecule has 0 fully saturated rings. The first-order chi connectivity index (χ1) is 10.1. The first-order valence-corrected chi connectivity index (χ1v) is 6.84. The zero-order valence-corrected chi connectivity index (χ0v) is 12.3. The van der Waals surface area contributed by atoms with Gasteiger partial charge in [-0.2, -0.15) is 0 Å². The molecule has 2 rings (SSSR count). The van der Waals surface area contributed by atoms with E-state index in [1.54, 1.807) is 26.2 Å². The normalized spacial score (nSPS) is 14.4. The molecule has 1 aliphatic heterocycles. The van der Waals surface area contributed by atoms with Gasteiger partial charge < -0.3 is 30.6 Å². The summed E-state index contributed by atoms with van der Waals surface area (Å²) in [7, 11) is 1.59. The van der Waals surface area contributed by atoms with E-state index in [1.807, 2.05) is 0 Å². The van der Waals surface area contributed by atoms with Gasteiger partial charge in [0.1, 0.15) is 19.3 Å². The molecule has 7 heteroatoms. The molecule has 7 nitrogen and oxygen atoms in total. The van der Waals surface area contributed by atoms with E-state index in [4.69, 9.17) is 19.9 Å². The van der Waals surface area contributed by atoms with E-state index in [0.717, 1.165) is 0 Å². The molecule has 0 aromatic heterocycles. The van der Waals surface area contributed by atoms with Crippen molar-refractivity contribution in [3.8, 4) is 11.5 Å². The number of nitrogens with two attached hydrogens (primary N) is 1. The third-order valence-electron chi connectivity index (χ3n) is 3.09. The van der Waals surface area contributed by atoms with Crippen LogP contribution in [-0.2, 0) is 9.53 Å². The third kappa shape index (κ3) is 3.91. The highest BCUT2D eigenvalue weighted by Gasteiger charge is 2.18. The molecule has 1 unspecified atom stereocenters. The minimum Gasteiger partial charge on any atom is -0.486 e. The Labute approximate surface area is 123 Å². The van der Waals surface area contributed by atoms with Crippen molar-refractivity contribution in [2.45, 2.75) is 13.0 Å². The smallest absolute Gasteiger partial charge is 0.242 e. The van der Waals surface area contributed by atoms with Crippen LogP contribution in [0.15, 0.2) is 12.1 Å². The zero-order chi connectivity index (χ0) is 15.2. The highest BCUT2D eigenvalue weighted by Crippen LogP contribution is 2.37. The number of rotatable bonds is 6. The highest BCUT2D eigenvalue weighted by atomic mass is 16.6. The summed E-state index contributed by atoms with van der Waals surface area (Å²) < 4.78 is 15.8. The lowest BCUT2D eigenvalue weighted by atomic mass is 10.2. The predicted molar refractivity (Wildman–Crippen MR) is 79.8 cm³/mol. The SMILES string of the molecule is COCCNC(=O)C(C)Nc1cc2c(cc1N)OCCO2. The van der Waals surface area contributed by atoms with Crippen LogP contribution in [0.4, 0.5) is 11.4 Å². The molecule has 4 N–H and O–H groups in total. The van der Waals surface area contributed by atoms with Crippen molar-refractivity contribution >= 4 is 17.3 Å². The lowest BCUT2D eigenvalue weighted by molar-refractivity contribution is -0.121. The van der Waals surface area contributed by atoms with Gasteiger partial charge in [0.2, 0.25) is 5.91 Å². The second-order valence-corrected chi connectivity index (χ2v) is 4.73. The highest BCUT2D eigenvalue weighted by molar-refractivity contribution is 5.86. The summed E-state index contributed by atoms with van der Waals surface area (Å²) in [5, 5.41) is 5.84. The number of hydrogen-bond acceptors (Lipinski definition) is 6. The first kappa shape index (κ1) is 15.2. The van der Waals surface area contributed by atoms with Gasteiger partial charge in [-0.3, -0.25) is 4.79 Å². The quantitative estimate of drug-likeness (QED) is 0.525. The lowest BCUT2D eigenvalue weighted by Crippen LogP contribution is -2.39. The van der Waals surface area contributed by atoms with Crippen LogP contribution in [0.3, 0.4) is 0 Å². The Kier molecular flexibility index (Phi) is 5.10. The fourth-order valence-corrected chi connectivity index (χ4v) is 1.96. The number of nitrogens with one attached hydrogen (secondary N) is 2. The Morgan fingerprint density at radius 3 is 2.71 bits per heavy atom. The number of carbonyl (C=O) groups excluding carboxylic acids is 1. The summed E-state index contributed by atoms with van der Waals surface area (Å²) >= 11 is 0. The summed E-state index contributed by atoms with van der Waals surface area (Å²) in [6.45, 7) is 3.72. The number of nitrogen functional groups attached to an aromatic ring is 1. The second-order valence-electron chi connectivity index (χ2n) is 4.73. The molecule has 1 amide bonds.